The summed E-state index contributed by atoms with van der Waals surface area (Å²) in [6.45, 7) is 1.67. The van der Waals surface area contributed by atoms with E-state index in [2.05, 4.69) is 4.99 Å². The van der Waals surface area contributed by atoms with Gasteiger partial charge in [-0.2, -0.15) is 0 Å². The van der Waals surface area contributed by atoms with Gasteiger partial charge in [-0.1, -0.05) is 42.5 Å². The number of nitrogens with zero attached hydrogens (tertiary/aromatic N) is 1. The van der Waals surface area contributed by atoms with Gasteiger partial charge in [0.15, 0.2) is 11.6 Å². The predicted molar refractivity (Wildman–Crippen MR) is 71.1 cm³/mol. The zero-order chi connectivity index (χ0) is 12.5. The fourth-order valence-corrected chi connectivity index (χ4v) is 2.04. The van der Waals surface area contributed by atoms with Gasteiger partial charge in [-0.3, -0.25) is 0 Å². The van der Waals surface area contributed by atoms with Crippen LogP contribution in [0.15, 0.2) is 53.2 Å². The Morgan fingerprint density at radius 3 is 2.67 bits per heavy atom. The van der Waals surface area contributed by atoms with Crippen molar-refractivity contribution in [3.63, 3.8) is 0 Å². The highest BCUT2D eigenvalue weighted by Crippen LogP contribution is 2.22. The van der Waals surface area contributed by atoms with Gasteiger partial charge >= 0.3 is 5.97 Å². The largest absolute Gasteiger partial charge is 0.407 e. The van der Waals surface area contributed by atoms with Gasteiger partial charge in [0.2, 0.25) is 0 Å². The first kappa shape index (κ1) is 10.7. The topological polar surface area (TPSA) is 38.7 Å². The Morgan fingerprint density at radius 2 is 1.89 bits per heavy atom. The molecule has 0 aromatic heterocycles. The van der Waals surface area contributed by atoms with Crippen LogP contribution < -0.4 is 0 Å². The molecule has 0 spiro atoms. The summed E-state index contributed by atoms with van der Waals surface area (Å²) in [5.74, 6) is 0.00641. The van der Waals surface area contributed by atoms with Crippen LogP contribution in [0.2, 0.25) is 0 Å². The van der Waals surface area contributed by atoms with E-state index in [1.165, 1.54) is 0 Å². The molecule has 1 heterocycles. The van der Waals surface area contributed by atoms with Crippen LogP contribution in [0.5, 0.6) is 0 Å². The van der Waals surface area contributed by atoms with Crippen molar-refractivity contribution >= 4 is 28.7 Å². The molecule has 0 atom stereocenters. The second-order valence-corrected chi connectivity index (χ2v) is 4.12. The van der Waals surface area contributed by atoms with Crippen LogP contribution in [0.3, 0.4) is 0 Å². The molecular formula is C15H11NO2. The molecule has 2 aromatic rings. The maximum Gasteiger partial charge on any atom is 0.363 e. The van der Waals surface area contributed by atoms with Crippen molar-refractivity contribution in [3.05, 3.63) is 53.7 Å². The van der Waals surface area contributed by atoms with Crippen LogP contribution in [0, 0.1) is 0 Å². The lowest BCUT2D eigenvalue weighted by atomic mass is 10.0. The molecule has 0 amide bonds. The Balaban J connectivity index is 2.16. The summed E-state index contributed by atoms with van der Waals surface area (Å²) >= 11 is 0. The molecule has 0 saturated carbocycles. The maximum atomic E-state index is 11.5. The van der Waals surface area contributed by atoms with Crippen molar-refractivity contribution in [2.75, 3.05) is 0 Å². The molecule has 18 heavy (non-hydrogen) atoms. The minimum atomic E-state index is -0.388. The zero-order valence-electron chi connectivity index (χ0n) is 9.88. The second-order valence-electron chi connectivity index (χ2n) is 4.12. The standard InChI is InChI=1S/C15H11NO2/c1-10-16-14(15(17)18-10)9-12-7-4-6-11-5-2-3-8-13(11)12/h2-9H,1H3/b14-9-. The molecule has 0 N–H and O–H groups in total. The number of aliphatic imine (C=N–C) groups is 1. The molecule has 1 aliphatic rings. The van der Waals surface area contributed by atoms with E-state index in [0.717, 1.165) is 16.3 Å². The summed E-state index contributed by atoms with van der Waals surface area (Å²) in [4.78, 5) is 15.6. The SMILES string of the molecule is CC1=N/C(=C\c2cccc3ccccc23)C(=O)O1. The smallest absolute Gasteiger partial charge is 0.363 e. The predicted octanol–water partition coefficient (Wildman–Crippen LogP) is 3.16. The van der Waals surface area contributed by atoms with Crippen LogP contribution in [0.4, 0.5) is 0 Å². The lowest BCUT2D eigenvalue weighted by molar-refractivity contribution is -0.130. The number of hydrogen-bond acceptors (Lipinski definition) is 3. The third-order valence-electron chi connectivity index (χ3n) is 2.84. The number of ether oxygens (including phenoxy) is 1. The van der Waals surface area contributed by atoms with Crippen molar-refractivity contribution in [1.82, 2.24) is 0 Å². The Morgan fingerprint density at radius 1 is 1.11 bits per heavy atom. The number of fused-ring (bicyclic) bond motifs is 1. The third-order valence-corrected chi connectivity index (χ3v) is 2.84. The van der Waals surface area contributed by atoms with Crippen LogP contribution in [-0.4, -0.2) is 11.9 Å². The quantitative estimate of drug-likeness (QED) is 0.564. The summed E-state index contributed by atoms with van der Waals surface area (Å²) in [6, 6.07) is 14.0. The van der Waals surface area contributed by atoms with E-state index in [-0.39, 0.29) is 5.97 Å². The molecular weight excluding hydrogens is 226 g/mol. The lowest BCUT2D eigenvalue weighted by Crippen LogP contribution is -1.99. The highest BCUT2D eigenvalue weighted by atomic mass is 16.6. The number of rotatable bonds is 1. The average molecular weight is 237 g/mol. The first-order valence-corrected chi connectivity index (χ1v) is 5.71. The Hall–Kier alpha value is -2.42. The average Bonchev–Trinajstić information content (AvgIpc) is 2.68. The fourth-order valence-electron chi connectivity index (χ4n) is 2.04. The third kappa shape index (κ3) is 1.80. The molecule has 3 nitrogen and oxygen atoms in total. The van der Waals surface area contributed by atoms with Crippen molar-refractivity contribution in [2.24, 2.45) is 4.99 Å². The van der Waals surface area contributed by atoms with Gasteiger partial charge in [0, 0.05) is 6.92 Å². The maximum absolute atomic E-state index is 11.5. The van der Waals surface area contributed by atoms with Crippen LogP contribution in [0.1, 0.15) is 12.5 Å². The highest BCUT2D eigenvalue weighted by Gasteiger charge is 2.19. The molecule has 3 rings (SSSR count). The number of cyclic esters (lactones) is 1. The Bertz CT molecular complexity index is 693. The van der Waals surface area contributed by atoms with Crippen LogP contribution >= 0.6 is 0 Å². The summed E-state index contributed by atoms with van der Waals surface area (Å²) in [5, 5.41) is 2.24. The molecule has 1 aliphatic heterocycles. The van der Waals surface area contributed by atoms with Crippen molar-refractivity contribution in [1.29, 1.82) is 0 Å². The molecule has 2 aromatic carbocycles. The van der Waals surface area contributed by atoms with Crippen molar-refractivity contribution < 1.29 is 9.53 Å². The van der Waals surface area contributed by atoms with Gasteiger partial charge in [0.05, 0.1) is 0 Å². The molecule has 0 unspecified atom stereocenters. The second kappa shape index (κ2) is 4.11. The summed E-state index contributed by atoms with van der Waals surface area (Å²) in [6.07, 6.45) is 1.77. The molecule has 0 radical (unpaired) electrons. The molecule has 88 valence electrons. The number of hydrogen-bond donors (Lipinski definition) is 0. The van der Waals surface area contributed by atoms with E-state index in [0.29, 0.717) is 11.6 Å². The summed E-state index contributed by atoms with van der Waals surface area (Å²) in [7, 11) is 0. The van der Waals surface area contributed by atoms with Gasteiger partial charge in [-0.15, -0.1) is 0 Å². The zero-order valence-corrected chi connectivity index (χ0v) is 9.88. The molecule has 0 saturated heterocycles. The van der Waals surface area contributed by atoms with E-state index >= 15 is 0 Å². The van der Waals surface area contributed by atoms with Gasteiger partial charge < -0.3 is 4.74 Å². The van der Waals surface area contributed by atoms with Gasteiger partial charge in [0.1, 0.15) is 0 Å². The summed E-state index contributed by atoms with van der Waals surface area (Å²) < 4.78 is 4.90. The van der Waals surface area contributed by atoms with Crippen LogP contribution in [-0.2, 0) is 9.53 Å². The number of carbonyl (C=O) groups excluding carboxylic acids is 1. The Labute approximate surface area is 104 Å². The van der Waals surface area contributed by atoms with E-state index in [4.69, 9.17) is 4.74 Å². The highest BCUT2D eigenvalue weighted by molar-refractivity contribution is 6.07. The normalized spacial score (nSPS) is 17.1. The van der Waals surface area contributed by atoms with Gasteiger partial charge in [-0.05, 0) is 22.4 Å². The molecule has 0 fully saturated rings. The first-order valence-electron chi connectivity index (χ1n) is 5.71. The van der Waals surface area contributed by atoms with E-state index < -0.39 is 0 Å². The van der Waals surface area contributed by atoms with Crippen molar-refractivity contribution in [2.45, 2.75) is 6.92 Å². The Kier molecular flexibility index (Phi) is 2.45. The minimum absolute atomic E-state index is 0.351. The molecule has 3 heteroatoms. The first-order chi connectivity index (χ1) is 8.74. The lowest BCUT2D eigenvalue weighted by Gasteiger charge is -2.01. The number of benzene rings is 2. The number of carbonyl (C=O) groups is 1. The van der Waals surface area contributed by atoms with Gasteiger partial charge in [0.25, 0.3) is 0 Å². The number of esters is 1. The van der Waals surface area contributed by atoms with E-state index in [1.54, 1.807) is 13.0 Å². The monoisotopic (exact) mass is 237 g/mol. The van der Waals surface area contributed by atoms with Crippen LogP contribution in [0.25, 0.3) is 16.8 Å². The minimum Gasteiger partial charge on any atom is -0.407 e. The summed E-state index contributed by atoms with van der Waals surface area (Å²) in [5.41, 5.74) is 1.32. The van der Waals surface area contributed by atoms with Crippen molar-refractivity contribution in [3.8, 4) is 0 Å². The molecule has 0 bridgehead atoms. The fraction of sp³-hybridized carbons (Fsp3) is 0.0667. The van der Waals surface area contributed by atoms with Gasteiger partial charge in [-0.25, -0.2) is 9.79 Å². The van der Waals surface area contributed by atoms with E-state index in [9.17, 15) is 4.79 Å². The molecule has 0 aliphatic carbocycles. The van der Waals surface area contributed by atoms with E-state index in [1.807, 2.05) is 42.5 Å².